The molecule has 4 rings (SSSR count). The number of rotatable bonds is 4. The predicted octanol–water partition coefficient (Wildman–Crippen LogP) is 3.48. The Balaban J connectivity index is 1.82. The molecule has 0 bridgehead atoms. The van der Waals surface area contributed by atoms with E-state index >= 15 is 0 Å². The molecule has 2 aromatic carbocycles. The molecule has 0 amide bonds. The van der Waals surface area contributed by atoms with Crippen LogP contribution in [0, 0.1) is 0 Å². The summed E-state index contributed by atoms with van der Waals surface area (Å²) in [6.45, 7) is 0. The number of methoxy groups -OCH3 is 2. The van der Waals surface area contributed by atoms with Crippen LogP contribution >= 0.6 is 0 Å². The van der Waals surface area contributed by atoms with Gasteiger partial charge in [0.1, 0.15) is 11.5 Å². The first kappa shape index (κ1) is 15.1. The predicted molar refractivity (Wildman–Crippen MR) is 94.8 cm³/mol. The van der Waals surface area contributed by atoms with Gasteiger partial charge >= 0.3 is 0 Å². The Labute approximate surface area is 144 Å². The van der Waals surface area contributed by atoms with Crippen LogP contribution in [0.1, 0.15) is 0 Å². The molecule has 0 radical (unpaired) electrons. The fourth-order valence-corrected chi connectivity index (χ4v) is 2.66. The molecule has 0 unspecified atom stereocenters. The van der Waals surface area contributed by atoms with E-state index in [0.29, 0.717) is 11.6 Å². The average molecular weight is 332 g/mol. The second-order valence-corrected chi connectivity index (χ2v) is 5.44. The zero-order valence-electron chi connectivity index (χ0n) is 13.9. The van der Waals surface area contributed by atoms with Crippen molar-refractivity contribution in [1.82, 2.24) is 19.6 Å². The van der Waals surface area contributed by atoms with Crippen LogP contribution in [0.5, 0.6) is 11.5 Å². The van der Waals surface area contributed by atoms with Crippen LogP contribution in [0.15, 0.2) is 60.8 Å². The minimum Gasteiger partial charge on any atom is -0.497 e. The SMILES string of the molecule is COc1ccc(-c2nc3nccc(-c4cccc(OC)c4)n3n2)cc1. The molecule has 0 saturated heterocycles. The molecule has 0 aliphatic heterocycles. The van der Waals surface area contributed by atoms with Crippen molar-refractivity contribution in [2.24, 2.45) is 0 Å². The first-order chi connectivity index (χ1) is 12.3. The molecule has 0 fully saturated rings. The summed E-state index contributed by atoms with van der Waals surface area (Å²) in [5.41, 5.74) is 2.79. The lowest BCUT2D eigenvalue weighted by Gasteiger charge is -2.05. The van der Waals surface area contributed by atoms with E-state index < -0.39 is 0 Å². The molecule has 2 aromatic heterocycles. The second kappa shape index (κ2) is 6.24. The summed E-state index contributed by atoms with van der Waals surface area (Å²) in [6, 6.07) is 17.4. The zero-order valence-corrected chi connectivity index (χ0v) is 13.9. The summed E-state index contributed by atoms with van der Waals surface area (Å²) in [7, 11) is 3.29. The normalized spacial score (nSPS) is 10.8. The Kier molecular flexibility index (Phi) is 3.78. The second-order valence-electron chi connectivity index (χ2n) is 5.44. The minimum atomic E-state index is 0.547. The Hall–Kier alpha value is -3.41. The maximum atomic E-state index is 5.31. The van der Waals surface area contributed by atoms with Crippen molar-refractivity contribution in [3.63, 3.8) is 0 Å². The summed E-state index contributed by atoms with van der Waals surface area (Å²) >= 11 is 0. The van der Waals surface area contributed by atoms with Crippen LogP contribution in [0.25, 0.3) is 28.4 Å². The molecule has 6 heteroatoms. The minimum absolute atomic E-state index is 0.547. The van der Waals surface area contributed by atoms with Gasteiger partial charge in [-0.3, -0.25) is 0 Å². The van der Waals surface area contributed by atoms with Gasteiger partial charge in [-0.25, -0.2) is 4.98 Å². The van der Waals surface area contributed by atoms with Gasteiger partial charge in [0.2, 0.25) is 0 Å². The maximum Gasteiger partial charge on any atom is 0.253 e. The lowest BCUT2D eigenvalue weighted by molar-refractivity contribution is 0.415. The van der Waals surface area contributed by atoms with Gasteiger partial charge in [-0.05, 0) is 42.5 Å². The fourth-order valence-electron chi connectivity index (χ4n) is 2.66. The van der Waals surface area contributed by atoms with Crippen molar-refractivity contribution in [1.29, 1.82) is 0 Å². The number of fused-ring (bicyclic) bond motifs is 1. The standard InChI is InChI=1S/C19H16N4O2/c1-24-15-8-6-13(7-9-15)18-21-19-20-11-10-17(23(19)22-18)14-4-3-5-16(12-14)25-2/h3-12H,1-2H3. The molecule has 6 nitrogen and oxygen atoms in total. The van der Waals surface area contributed by atoms with Crippen molar-refractivity contribution < 1.29 is 9.47 Å². The molecule has 25 heavy (non-hydrogen) atoms. The number of hydrogen-bond donors (Lipinski definition) is 0. The van der Waals surface area contributed by atoms with Crippen LogP contribution in [0.2, 0.25) is 0 Å². The van der Waals surface area contributed by atoms with E-state index in [1.807, 2.05) is 54.6 Å². The van der Waals surface area contributed by atoms with Gasteiger partial charge in [-0.1, -0.05) is 12.1 Å². The molecule has 124 valence electrons. The highest BCUT2D eigenvalue weighted by atomic mass is 16.5. The molecule has 0 N–H and O–H groups in total. The highest BCUT2D eigenvalue weighted by Crippen LogP contribution is 2.25. The number of benzene rings is 2. The van der Waals surface area contributed by atoms with Gasteiger partial charge in [-0.15, -0.1) is 5.10 Å². The van der Waals surface area contributed by atoms with E-state index in [4.69, 9.17) is 9.47 Å². The van der Waals surface area contributed by atoms with E-state index in [9.17, 15) is 0 Å². The highest BCUT2D eigenvalue weighted by Gasteiger charge is 2.12. The van der Waals surface area contributed by atoms with Crippen LogP contribution < -0.4 is 9.47 Å². The Bertz CT molecular complexity index is 1030. The third-order valence-corrected chi connectivity index (χ3v) is 3.95. The average Bonchev–Trinajstić information content (AvgIpc) is 3.12. The number of ether oxygens (including phenoxy) is 2. The van der Waals surface area contributed by atoms with Crippen LogP contribution in [0.4, 0.5) is 0 Å². The quantitative estimate of drug-likeness (QED) is 0.572. The van der Waals surface area contributed by atoms with E-state index in [-0.39, 0.29) is 0 Å². The van der Waals surface area contributed by atoms with Crippen molar-refractivity contribution in [2.75, 3.05) is 14.2 Å². The van der Waals surface area contributed by atoms with Gasteiger partial charge in [0.25, 0.3) is 5.78 Å². The Morgan fingerprint density at radius 3 is 2.40 bits per heavy atom. The molecular weight excluding hydrogens is 316 g/mol. The van der Waals surface area contributed by atoms with Crippen molar-refractivity contribution in [2.45, 2.75) is 0 Å². The fraction of sp³-hybridized carbons (Fsp3) is 0.105. The van der Waals surface area contributed by atoms with Gasteiger partial charge in [0.05, 0.1) is 19.9 Å². The number of nitrogens with zero attached hydrogens (tertiary/aromatic N) is 4. The first-order valence-corrected chi connectivity index (χ1v) is 7.79. The summed E-state index contributed by atoms with van der Waals surface area (Å²) in [5.74, 6) is 2.75. The summed E-state index contributed by atoms with van der Waals surface area (Å²) in [4.78, 5) is 8.86. The third-order valence-electron chi connectivity index (χ3n) is 3.95. The summed E-state index contributed by atoms with van der Waals surface area (Å²) < 4.78 is 12.2. The maximum absolute atomic E-state index is 5.31. The summed E-state index contributed by atoms with van der Waals surface area (Å²) in [5, 5.41) is 4.63. The van der Waals surface area contributed by atoms with Crippen molar-refractivity contribution in [3.8, 4) is 34.1 Å². The molecule has 0 aliphatic carbocycles. The molecule has 0 spiro atoms. The topological polar surface area (TPSA) is 61.5 Å². The van der Waals surface area contributed by atoms with Crippen LogP contribution in [-0.2, 0) is 0 Å². The van der Waals surface area contributed by atoms with Gasteiger partial charge in [-0.2, -0.15) is 9.50 Å². The van der Waals surface area contributed by atoms with Crippen LogP contribution in [0.3, 0.4) is 0 Å². The third kappa shape index (κ3) is 2.78. The smallest absolute Gasteiger partial charge is 0.253 e. The molecule has 4 aromatic rings. The number of aromatic nitrogens is 4. The lowest BCUT2D eigenvalue weighted by Crippen LogP contribution is -1.96. The Morgan fingerprint density at radius 1 is 0.840 bits per heavy atom. The monoisotopic (exact) mass is 332 g/mol. The molecule has 0 aliphatic rings. The van der Waals surface area contributed by atoms with E-state index in [2.05, 4.69) is 15.1 Å². The van der Waals surface area contributed by atoms with E-state index in [0.717, 1.165) is 28.3 Å². The molecule has 0 saturated carbocycles. The molecular formula is C19H16N4O2. The Morgan fingerprint density at radius 2 is 1.64 bits per heavy atom. The van der Waals surface area contributed by atoms with E-state index in [1.54, 1.807) is 24.9 Å². The van der Waals surface area contributed by atoms with Gasteiger partial charge in [0.15, 0.2) is 5.82 Å². The largest absolute Gasteiger partial charge is 0.497 e. The van der Waals surface area contributed by atoms with Crippen LogP contribution in [-0.4, -0.2) is 33.8 Å². The van der Waals surface area contributed by atoms with E-state index in [1.165, 1.54) is 0 Å². The van der Waals surface area contributed by atoms with Gasteiger partial charge < -0.3 is 9.47 Å². The molecule has 0 atom stereocenters. The highest BCUT2D eigenvalue weighted by molar-refractivity contribution is 5.65. The molecule has 2 heterocycles. The zero-order chi connectivity index (χ0) is 17.2. The summed E-state index contributed by atoms with van der Waals surface area (Å²) in [6.07, 6.45) is 1.73. The van der Waals surface area contributed by atoms with Gasteiger partial charge in [0, 0.05) is 17.3 Å². The van der Waals surface area contributed by atoms with Crippen molar-refractivity contribution >= 4 is 5.78 Å². The lowest BCUT2D eigenvalue weighted by atomic mass is 10.1. The number of hydrogen-bond acceptors (Lipinski definition) is 5. The first-order valence-electron chi connectivity index (χ1n) is 7.79. The van der Waals surface area contributed by atoms with Crippen molar-refractivity contribution in [3.05, 3.63) is 60.8 Å².